The molecule has 0 aromatic heterocycles. The summed E-state index contributed by atoms with van der Waals surface area (Å²) >= 11 is 0. The lowest BCUT2D eigenvalue weighted by Crippen LogP contribution is -2.48. The van der Waals surface area contributed by atoms with E-state index in [0.717, 1.165) is 23.3 Å². The maximum absolute atomic E-state index is 13.7. The van der Waals surface area contributed by atoms with Gasteiger partial charge in [-0.05, 0) is 60.7 Å². The minimum absolute atomic E-state index is 0.0203. The summed E-state index contributed by atoms with van der Waals surface area (Å²) in [5.74, 6) is 0.386. The van der Waals surface area contributed by atoms with E-state index in [-0.39, 0.29) is 17.9 Å². The molecule has 3 aromatic rings. The smallest absolute Gasteiger partial charge is 0.337 e. The number of esters is 1. The van der Waals surface area contributed by atoms with Crippen molar-refractivity contribution >= 4 is 11.9 Å². The average molecular weight is 488 g/mol. The SMILES string of the molecule is COC(=O)c1ccc(C(C)NC(=O)C2(c3ccc(OCCc4ccccc4)cc3)CCOCC2)cc1. The fourth-order valence-electron chi connectivity index (χ4n) is 4.61. The van der Waals surface area contributed by atoms with Crippen LogP contribution in [0.2, 0.25) is 0 Å². The van der Waals surface area contributed by atoms with Crippen molar-refractivity contribution < 1.29 is 23.8 Å². The lowest BCUT2D eigenvalue weighted by molar-refractivity contribution is -0.131. The van der Waals surface area contributed by atoms with Gasteiger partial charge in [-0.25, -0.2) is 4.79 Å². The molecule has 4 rings (SSSR count). The van der Waals surface area contributed by atoms with Crippen molar-refractivity contribution in [1.82, 2.24) is 5.32 Å². The van der Waals surface area contributed by atoms with Crippen molar-refractivity contribution in [2.75, 3.05) is 26.9 Å². The quantitative estimate of drug-likeness (QED) is 0.429. The molecule has 0 saturated carbocycles. The topological polar surface area (TPSA) is 73.9 Å². The van der Waals surface area contributed by atoms with Crippen molar-refractivity contribution in [2.45, 2.75) is 37.6 Å². The molecular weight excluding hydrogens is 454 g/mol. The van der Waals surface area contributed by atoms with Crippen LogP contribution in [-0.4, -0.2) is 38.8 Å². The Morgan fingerprint density at radius 3 is 2.25 bits per heavy atom. The van der Waals surface area contributed by atoms with Crippen LogP contribution in [0.1, 0.15) is 52.9 Å². The van der Waals surface area contributed by atoms with Gasteiger partial charge in [0.25, 0.3) is 0 Å². The first-order valence-electron chi connectivity index (χ1n) is 12.4. The number of nitrogens with one attached hydrogen (secondary N) is 1. The second-order valence-corrected chi connectivity index (χ2v) is 9.11. The highest BCUT2D eigenvalue weighted by Crippen LogP contribution is 2.36. The van der Waals surface area contributed by atoms with Gasteiger partial charge in [-0.2, -0.15) is 0 Å². The van der Waals surface area contributed by atoms with E-state index in [9.17, 15) is 9.59 Å². The molecule has 0 radical (unpaired) electrons. The first kappa shape index (κ1) is 25.5. The summed E-state index contributed by atoms with van der Waals surface area (Å²) in [5, 5.41) is 3.19. The van der Waals surface area contributed by atoms with E-state index in [1.54, 1.807) is 12.1 Å². The number of methoxy groups -OCH3 is 1. The highest BCUT2D eigenvalue weighted by Gasteiger charge is 2.42. The van der Waals surface area contributed by atoms with Gasteiger partial charge in [-0.1, -0.05) is 54.6 Å². The summed E-state index contributed by atoms with van der Waals surface area (Å²) in [5.41, 5.74) is 2.93. The highest BCUT2D eigenvalue weighted by molar-refractivity contribution is 5.90. The Kier molecular flexibility index (Phi) is 8.39. The largest absolute Gasteiger partial charge is 0.493 e. The lowest BCUT2D eigenvalue weighted by atomic mass is 9.73. The van der Waals surface area contributed by atoms with Crippen LogP contribution in [0, 0.1) is 0 Å². The molecule has 1 unspecified atom stereocenters. The number of rotatable bonds is 9. The molecule has 6 nitrogen and oxygen atoms in total. The molecule has 36 heavy (non-hydrogen) atoms. The van der Waals surface area contributed by atoms with Gasteiger partial charge >= 0.3 is 5.97 Å². The van der Waals surface area contributed by atoms with Crippen LogP contribution < -0.4 is 10.1 Å². The first-order chi connectivity index (χ1) is 17.5. The molecule has 1 N–H and O–H groups in total. The zero-order chi connectivity index (χ0) is 25.4. The molecule has 3 aromatic carbocycles. The summed E-state index contributed by atoms with van der Waals surface area (Å²) < 4.78 is 16.3. The number of ether oxygens (including phenoxy) is 3. The highest BCUT2D eigenvalue weighted by atomic mass is 16.5. The molecule has 1 amide bonds. The number of carbonyl (C=O) groups excluding carboxylic acids is 2. The first-order valence-corrected chi connectivity index (χ1v) is 12.4. The van der Waals surface area contributed by atoms with Crippen molar-refractivity contribution in [3.05, 3.63) is 101 Å². The predicted molar refractivity (Wildman–Crippen MR) is 138 cm³/mol. The van der Waals surface area contributed by atoms with Gasteiger partial charge < -0.3 is 19.5 Å². The van der Waals surface area contributed by atoms with Crippen LogP contribution >= 0.6 is 0 Å². The van der Waals surface area contributed by atoms with Gasteiger partial charge in [-0.15, -0.1) is 0 Å². The van der Waals surface area contributed by atoms with E-state index in [1.165, 1.54) is 12.7 Å². The molecule has 188 valence electrons. The minimum Gasteiger partial charge on any atom is -0.493 e. The zero-order valence-corrected chi connectivity index (χ0v) is 20.9. The second kappa shape index (κ2) is 11.9. The average Bonchev–Trinajstić information content (AvgIpc) is 2.94. The van der Waals surface area contributed by atoms with Crippen LogP contribution in [0.4, 0.5) is 0 Å². The summed E-state index contributed by atoms with van der Waals surface area (Å²) in [6.45, 7) is 3.60. The third-order valence-corrected chi connectivity index (χ3v) is 6.87. The molecule has 1 fully saturated rings. The molecule has 1 heterocycles. The lowest BCUT2D eigenvalue weighted by Gasteiger charge is -2.37. The van der Waals surface area contributed by atoms with Crippen molar-refractivity contribution in [3.8, 4) is 5.75 Å². The van der Waals surface area contributed by atoms with Crippen molar-refractivity contribution in [3.63, 3.8) is 0 Å². The van der Waals surface area contributed by atoms with E-state index < -0.39 is 5.41 Å². The number of benzene rings is 3. The molecule has 0 spiro atoms. The van der Waals surface area contributed by atoms with Crippen molar-refractivity contribution in [2.24, 2.45) is 0 Å². The number of hydrogen-bond donors (Lipinski definition) is 1. The molecule has 1 atom stereocenters. The van der Waals surface area contributed by atoms with E-state index in [2.05, 4.69) is 17.4 Å². The summed E-state index contributed by atoms with van der Waals surface area (Å²) in [4.78, 5) is 25.4. The maximum Gasteiger partial charge on any atom is 0.337 e. The van der Waals surface area contributed by atoms with E-state index in [1.807, 2.05) is 61.5 Å². The monoisotopic (exact) mass is 487 g/mol. The van der Waals surface area contributed by atoms with Crippen LogP contribution in [0.15, 0.2) is 78.9 Å². The van der Waals surface area contributed by atoms with Gasteiger partial charge in [0.15, 0.2) is 0 Å². The van der Waals surface area contributed by atoms with Gasteiger partial charge in [0.05, 0.1) is 30.7 Å². The van der Waals surface area contributed by atoms with E-state index in [4.69, 9.17) is 14.2 Å². The Labute approximate surface area is 212 Å². The van der Waals surface area contributed by atoms with Gasteiger partial charge in [-0.3, -0.25) is 4.79 Å². The fourth-order valence-corrected chi connectivity index (χ4v) is 4.61. The van der Waals surface area contributed by atoms with Gasteiger partial charge in [0.1, 0.15) is 5.75 Å². The van der Waals surface area contributed by atoms with Crippen LogP contribution in [0.5, 0.6) is 5.75 Å². The van der Waals surface area contributed by atoms with Gasteiger partial charge in [0.2, 0.25) is 5.91 Å². The van der Waals surface area contributed by atoms with Crippen LogP contribution in [-0.2, 0) is 26.1 Å². The summed E-state index contributed by atoms with van der Waals surface area (Å²) in [7, 11) is 1.36. The standard InChI is InChI=1S/C30H33NO5/c1-22(24-8-10-25(11-9-24)28(32)34-2)31-29(33)30(17-20-35-21-18-30)26-12-14-27(15-13-26)36-19-16-23-6-4-3-5-7-23/h3-15,22H,16-21H2,1-2H3,(H,31,33). The molecule has 0 bridgehead atoms. The summed E-state index contributed by atoms with van der Waals surface area (Å²) in [6.07, 6.45) is 2.06. The number of hydrogen-bond acceptors (Lipinski definition) is 5. The Hall–Kier alpha value is -3.64. The third kappa shape index (κ3) is 5.94. The normalized spacial score (nSPS) is 15.5. The zero-order valence-electron chi connectivity index (χ0n) is 20.9. The Morgan fingerprint density at radius 1 is 0.944 bits per heavy atom. The molecule has 1 aliphatic rings. The fraction of sp³-hybridized carbons (Fsp3) is 0.333. The van der Waals surface area contributed by atoms with Crippen LogP contribution in [0.3, 0.4) is 0 Å². The van der Waals surface area contributed by atoms with Gasteiger partial charge in [0, 0.05) is 19.6 Å². The molecule has 1 saturated heterocycles. The predicted octanol–water partition coefficient (Wildman–Crippen LogP) is 5.02. The molecule has 1 aliphatic heterocycles. The minimum atomic E-state index is -0.666. The Bertz CT molecular complexity index is 1140. The van der Waals surface area contributed by atoms with Crippen molar-refractivity contribution in [1.29, 1.82) is 0 Å². The maximum atomic E-state index is 13.7. The van der Waals surface area contributed by atoms with Crippen LogP contribution in [0.25, 0.3) is 0 Å². The molecular formula is C30H33NO5. The number of amides is 1. The van der Waals surface area contributed by atoms with E-state index in [0.29, 0.717) is 38.2 Å². The molecule has 0 aliphatic carbocycles. The third-order valence-electron chi connectivity index (χ3n) is 6.87. The summed E-state index contributed by atoms with van der Waals surface area (Å²) in [6, 6.07) is 25.0. The second-order valence-electron chi connectivity index (χ2n) is 9.11. The number of carbonyl (C=O) groups is 2. The Morgan fingerprint density at radius 2 is 1.61 bits per heavy atom. The van der Waals surface area contributed by atoms with E-state index >= 15 is 0 Å². The molecule has 6 heteroatoms. The Balaban J connectivity index is 1.43.